The number of benzene rings is 1. The largest absolute Gasteiger partial charge is 0.350 e. The van der Waals surface area contributed by atoms with Gasteiger partial charge in [0.15, 0.2) is 0 Å². The Morgan fingerprint density at radius 2 is 2.18 bits per heavy atom. The Morgan fingerprint density at radius 1 is 1.41 bits per heavy atom. The molecule has 2 heterocycles. The van der Waals surface area contributed by atoms with Gasteiger partial charge in [-0.05, 0) is 44.0 Å². The van der Waals surface area contributed by atoms with Gasteiger partial charge in [-0.15, -0.1) is 0 Å². The van der Waals surface area contributed by atoms with Crippen LogP contribution in [0.25, 0.3) is 10.9 Å². The highest BCUT2D eigenvalue weighted by Crippen LogP contribution is 2.25. The smallest absolute Gasteiger partial charge is 0.274 e. The van der Waals surface area contributed by atoms with E-state index < -0.39 is 0 Å². The van der Waals surface area contributed by atoms with Crippen LogP contribution < -0.4 is 5.32 Å². The van der Waals surface area contributed by atoms with E-state index >= 15 is 0 Å². The Bertz CT molecular complexity index is 864. The average molecular weight is 301 g/mol. The molecule has 0 aliphatic heterocycles. The molecule has 0 bridgehead atoms. The van der Waals surface area contributed by atoms with Crippen LogP contribution in [0, 0.1) is 19.7 Å². The van der Waals surface area contributed by atoms with E-state index in [9.17, 15) is 9.18 Å². The Hall–Kier alpha value is -2.63. The topological polar surface area (TPSA) is 70.9 Å². The van der Waals surface area contributed by atoms with E-state index in [2.05, 4.69) is 15.5 Å². The molecule has 114 valence electrons. The first kappa shape index (κ1) is 14.3. The Balaban J connectivity index is 1.97. The summed E-state index contributed by atoms with van der Waals surface area (Å²) in [6, 6.07) is 4.38. The molecular formula is C16H16FN3O2. The molecule has 2 aromatic heterocycles. The van der Waals surface area contributed by atoms with Crippen LogP contribution >= 0.6 is 0 Å². The molecule has 6 heteroatoms. The van der Waals surface area contributed by atoms with Crippen LogP contribution in [0.2, 0.25) is 0 Å². The molecule has 0 fully saturated rings. The van der Waals surface area contributed by atoms with Crippen LogP contribution in [0.15, 0.2) is 22.7 Å². The lowest BCUT2D eigenvalue weighted by Crippen LogP contribution is -2.14. The third kappa shape index (κ3) is 2.26. The van der Waals surface area contributed by atoms with Gasteiger partial charge in [-0.2, -0.15) is 0 Å². The molecule has 0 atom stereocenters. The maximum absolute atomic E-state index is 13.3. The van der Waals surface area contributed by atoms with E-state index in [1.54, 1.807) is 13.0 Å². The number of aromatic amines is 1. The number of carbonyl (C=O) groups is 1. The Kier molecular flexibility index (Phi) is 3.44. The molecule has 22 heavy (non-hydrogen) atoms. The van der Waals surface area contributed by atoms with Crippen molar-refractivity contribution in [3.8, 4) is 0 Å². The van der Waals surface area contributed by atoms with Crippen molar-refractivity contribution >= 4 is 22.7 Å². The van der Waals surface area contributed by atoms with E-state index in [4.69, 9.17) is 4.52 Å². The number of nitrogens with zero attached hydrogens (tertiary/aromatic N) is 1. The average Bonchev–Trinajstić information content (AvgIpc) is 3.00. The zero-order chi connectivity index (χ0) is 15.9. The van der Waals surface area contributed by atoms with Gasteiger partial charge in [-0.1, -0.05) is 12.1 Å². The number of aryl methyl sites for hydroxylation is 2. The van der Waals surface area contributed by atoms with E-state index in [0.29, 0.717) is 34.5 Å². The minimum atomic E-state index is -0.333. The van der Waals surface area contributed by atoms with E-state index in [0.717, 1.165) is 11.3 Å². The van der Waals surface area contributed by atoms with E-state index in [-0.39, 0.29) is 11.7 Å². The van der Waals surface area contributed by atoms with Gasteiger partial charge in [0, 0.05) is 16.5 Å². The number of hydrogen-bond acceptors (Lipinski definition) is 3. The summed E-state index contributed by atoms with van der Waals surface area (Å²) >= 11 is 0. The summed E-state index contributed by atoms with van der Waals surface area (Å²) in [6.07, 6.45) is 0.710. The third-order valence-corrected chi connectivity index (χ3v) is 3.81. The van der Waals surface area contributed by atoms with Gasteiger partial charge in [0.25, 0.3) is 5.91 Å². The van der Waals surface area contributed by atoms with Crippen LogP contribution in [0.3, 0.4) is 0 Å². The summed E-state index contributed by atoms with van der Waals surface area (Å²) in [5.41, 5.74) is 3.42. The maximum Gasteiger partial charge on any atom is 0.274 e. The number of H-pyrrole nitrogens is 1. The SMILES string of the molecule is CCc1c(C)noc1NC(=O)c1[nH]c2ccc(F)cc2c1C. The molecule has 0 unspecified atom stereocenters. The number of rotatable bonds is 3. The van der Waals surface area contributed by atoms with Crippen LogP contribution in [0.5, 0.6) is 0 Å². The molecule has 0 spiro atoms. The predicted octanol–water partition coefficient (Wildman–Crippen LogP) is 3.73. The van der Waals surface area contributed by atoms with Crippen molar-refractivity contribution in [3.05, 3.63) is 46.5 Å². The van der Waals surface area contributed by atoms with Gasteiger partial charge in [0.1, 0.15) is 11.5 Å². The van der Waals surface area contributed by atoms with Crippen molar-refractivity contribution in [1.29, 1.82) is 0 Å². The number of carbonyl (C=O) groups excluding carboxylic acids is 1. The summed E-state index contributed by atoms with van der Waals surface area (Å²) in [7, 11) is 0. The van der Waals surface area contributed by atoms with Crippen LogP contribution in [0.1, 0.15) is 34.2 Å². The van der Waals surface area contributed by atoms with Gasteiger partial charge < -0.3 is 9.51 Å². The normalized spacial score (nSPS) is 11.1. The lowest BCUT2D eigenvalue weighted by molar-refractivity contribution is 0.101. The molecule has 0 aliphatic carbocycles. The Labute approximate surface area is 126 Å². The Morgan fingerprint density at radius 3 is 2.91 bits per heavy atom. The lowest BCUT2D eigenvalue weighted by Gasteiger charge is -2.02. The summed E-state index contributed by atoms with van der Waals surface area (Å²) < 4.78 is 18.5. The quantitative estimate of drug-likeness (QED) is 0.774. The molecule has 5 nitrogen and oxygen atoms in total. The second-order valence-electron chi connectivity index (χ2n) is 5.20. The highest BCUT2D eigenvalue weighted by molar-refractivity contribution is 6.07. The molecule has 0 aliphatic rings. The fourth-order valence-corrected chi connectivity index (χ4v) is 2.59. The standard InChI is InChI=1S/C16H16FN3O2/c1-4-11-9(3)20-22-16(11)19-15(21)14-8(2)12-7-10(17)5-6-13(12)18-14/h5-7,18H,4H2,1-3H3,(H,19,21). The van der Waals surface area contributed by atoms with Crippen molar-refractivity contribution < 1.29 is 13.7 Å². The highest BCUT2D eigenvalue weighted by atomic mass is 19.1. The number of halogens is 1. The zero-order valence-corrected chi connectivity index (χ0v) is 12.6. The van der Waals surface area contributed by atoms with Crippen molar-refractivity contribution in [2.45, 2.75) is 27.2 Å². The number of aromatic nitrogens is 2. The number of amides is 1. The van der Waals surface area contributed by atoms with Crippen molar-refractivity contribution in [2.24, 2.45) is 0 Å². The molecule has 1 aromatic carbocycles. The van der Waals surface area contributed by atoms with Gasteiger partial charge >= 0.3 is 0 Å². The van der Waals surface area contributed by atoms with E-state index in [1.165, 1.54) is 12.1 Å². The van der Waals surface area contributed by atoms with E-state index in [1.807, 2.05) is 13.8 Å². The summed E-state index contributed by atoms with van der Waals surface area (Å²) in [4.78, 5) is 15.5. The predicted molar refractivity (Wildman–Crippen MR) is 81.6 cm³/mol. The fourth-order valence-electron chi connectivity index (χ4n) is 2.59. The van der Waals surface area contributed by atoms with Gasteiger partial charge in [0.05, 0.1) is 5.69 Å². The molecule has 1 amide bonds. The number of anilines is 1. The third-order valence-electron chi connectivity index (χ3n) is 3.81. The molecule has 0 radical (unpaired) electrons. The van der Waals surface area contributed by atoms with Gasteiger partial charge in [0.2, 0.25) is 5.88 Å². The molecule has 3 aromatic rings. The molecule has 2 N–H and O–H groups in total. The summed E-state index contributed by atoms with van der Waals surface area (Å²) in [6.45, 7) is 5.57. The van der Waals surface area contributed by atoms with Crippen LogP contribution in [-0.4, -0.2) is 16.0 Å². The molecule has 3 rings (SSSR count). The van der Waals surface area contributed by atoms with Crippen LogP contribution in [0.4, 0.5) is 10.3 Å². The maximum atomic E-state index is 13.3. The number of hydrogen-bond donors (Lipinski definition) is 2. The zero-order valence-electron chi connectivity index (χ0n) is 12.6. The first-order chi connectivity index (χ1) is 10.5. The first-order valence-electron chi connectivity index (χ1n) is 7.05. The number of nitrogens with one attached hydrogen (secondary N) is 2. The monoisotopic (exact) mass is 301 g/mol. The minimum Gasteiger partial charge on any atom is -0.350 e. The first-order valence-corrected chi connectivity index (χ1v) is 7.05. The fraction of sp³-hybridized carbons (Fsp3) is 0.250. The number of fused-ring (bicyclic) bond motifs is 1. The summed E-state index contributed by atoms with van der Waals surface area (Å²) in [5.74, 6) is -0.310. The van der Waals surface area contributed by atoms with Crippen molar-refractivity contribution in [2.75, 3.05) is 5.32 Å². The lowest BCUT2D eigenvalue weighted by atomic mass is 10.1. The second kappa shape index (κ2) is 5.29. The van der Waals surface area contributed by atoms with Crippen molar-refractivity contribution in [3.63, 3.8) is 0 Å². The molecular weight excluding hydrogens is 285 g/mol. The van der Waals surface area contributed by atoms with Gasteiger partial charge in [-0.3, -0.25) is 10.1 Å². The molecule has 0 saturated heterocycles. The molecule has 0 saturated carbocycles. The second-order valence-corrected chi connectivity index (χ2v) is 5.20. The van der Waals surface area contributed by atoms with Crippen molar-refractivity contribution in [1.82, 2.24) is 10.1 Å². The van der Waals surface area contributed by atoms with Gasteiger partial charge in [-0.25, -0.2) is 4.39 Å². The van der Waals surface area contributed by atoms with Crippen LogP contribution in [-0.2, 0) is 6.42 Å². The summed E-state index contributed by atoms with van der Waals surface area (Å²) in [5, 5.41) is 7.27. The minimum absolute atomic E-state index is 0.333. The highest BCUT2D eigenvalue weighted by Gasteiger charge is 2.19.